The van der Waals surface area contributed by atoms with Crippen LogP contribution in [0, 0.1) is 6.07 Å². The first-order valence-electron chi connectivity index (χ1n) is 2.83. The van der Waals surface area contributed by atoms with Crippen LogP contribution in [0.3, 0.4) is 0 Å². The molecule has 1 N–H and O–H groups in total. The zero-order valence-corrected chi connectivity index (χ0v) is 7.88. The minimum Gasteiger partial charge on any atom is -0.286 e. The maximum atomic E-state index is 9.19. The van der Waals surface area contributed by atoms with Gasteiger partial charge >= 0.3 is 18.9 Å². The Morgan fingerprint density at radius 1 is 1.17 bits per heavy atom. The molecule has 0 spiro atoms. The molecule has 0 aliphatic heterocycles. The molecule has 0 aliphatic rings. The summed E-state index contributed by atoms with van der Waals surface area (Å²) >= 11 is 0. The van der Waals surface area contributed by atoms with Crippen molar-refractivity contribution in [3.05, 3.63) is 36.4 Å². The molecule has 0 saturated heterocycles. The average Bonchev–Trinajstić information content (AvgIpc) is 1.88. The number of rotatable bonds is 0. The molecule has 5 heteroatoms. The summed E-state index contributed by atoms with van der Waals surface area (Å²) in [5.74, 6) is 0. The first-order valence-corrected chi connectivity index (χ1v) is 4.68. The fourth-order valence-corrected chi connectivity index (χ4v) is 0.342. The van der Waals surface area contributed by atoms with Crippen LogP contribution < -0.4 is 18.9 Å². The molecule has 0 heterocycles. The average molecular weight is 180 g/mol. The maximum absolute atomic E-state index is 9.19. The van der Waals surface area contributed by atoms with E-state index >= 15 is 0 Å². The Labute approximate surface area is 84.7 Å². The molecule has 0 fully saturated rings. The molecule has 0 radical (unpaired) electrons. The first kappa shape index (κ1) is 14.3. The third-order valence-corrected chi connectivity index (χ3v) is 0.607. The van der Waals surface area contributed by atoms with Gasteiger partial charge in [-0.1, -0.05) is 0 Å². The molecular formula is C7H9LiO3S. The molecule has 0 saturated carbocycles. The van der Waals surface area contributed by atoms with Crippen molar-refractivity contribution >= 4 is 10.1 Å². The van der Waals surface area contributed by atoms with E-state index in [1.807, 2.05) is 30.3 Å². The van der Waals surface area contributed by atoms with Crippen LogP contribution in [-0.2, 0) is 10.1 Å². The van der Waals surface area contributed by atoms with Crippen LogP contribution in [0.15, 0.2) is 30.3 Å². The molecule has 0 unspecified atom stereocenters. The molecule has 12 heavy (non-hydrogen) atoms. The smallest absolute Gasteiger partial charge is 0.286 e. The first-order chi connectivity index (χ1) is 5.00. The molecule has 0 aromatic heterocycles. The van der Waals surface area contributed by atoms with E-state index in [4.69, 9.17) is 4.55 Å². The Morgan fingerprint density at radius 2 is 1.50 bits per heavy atom. The molecule has 1 aromatic rings. The summed E-state index contributed by atoms with van der Waals surface area (Å²) in [7, 11) is -3.67. The van der Waals surface area contributed by atoms with E-state index in [-0.39, 0.29) is 18.9 Å². The van der Waals surface area contributed by atoms with Gasteiger partial charge in [-0.25, -0.2) is 0 Å². The summed E-state index contributed by atoms with van der Waals surface area (Å²) in [5, 5.41) is 0. The molecular weight excluding hydrogens is 171 g/mol. The predicted octanol–water partition coefficient (Wildman–Crippen LogP) is -2.01. The van der Waals surface area contributed by atoms with Crippen LogP contribution in [0.4, 0.5) is 0 Å². The summed E-state index contributed by atoms with van der Waals surface area (Å²) in [6.07, 6.45) is 0.715. The second kappa shape index (κ2) is 7.38. The Morgan fingerprint density at radius 3 is 1.58 bits per heavy atom. The number of hydrogen-bond acceptors (Lipinski definition) is 2. The van der Waals surface area contributed by atoms with Gasteiger partial charge in [-0.3, -0.25) is 4.55 Å². The fraction of sp³-hybridized carbons (Fsp3) is 0.143. The molecule has 1 aromatic carbocycles. The minimum absolute atomic E-state index is 0. The zero-order chi connectivity index (χ0) is 8.74. The number of benzene rings is 1. The zero-order valence-electron chi connectivity index (χ0n) is 7.06. The molecule has 0 amide bonds. The van der Waals surface area contributed by atoms with Crippen LogP contribution in [0.5, 0.6) is 0 Å². The van der Waals surface area contributed by atoms with Crippen LogP contribution in [-0.4, -0.2) is 19.2 Å². The minimum atomic E-state index is -3.67. The van der Waals surface area contributed by atoms with Crippen LogP contribution in [0.25, 0.3) is 0 Å². The Kier molecular flexibility index (Phi) is 8.77. The normalized spacial score (nSPS) is 8.83. The SMILES string of the molecule is CS(=O)(=O)O.[Li+].[c-]1ccccc1. The van der Waals surface area contributed by atoms with E-state index in [0.29, 0.717) is 6.26 Å². The summed E-state index contributed by atoms with van der Waals surface area (Å²) < 4.78 is 25.9. The van der Waals surface area contributed by atoms with Crippen molar-refractivity contribution in [2.45, 2.75) is 0 Å². The molecule has 1 rings (SSSR count). The van der Waals surface area contributed by atoms with E-state index in [1.54, 1.807) is 0 Å². The van der Waals surface area contributed by atoms with E-state index in [9.17, 15) is 8.42 Å². The van der Waals surface area contributed by atoms with Crippen molar-refractivity contribution in [1.29, 1.82) is 0 Å². The summed E-state index contributed by atoms with van der Waals surface area (Å²) in [4.78, 5) is 0. The van der Waals surface area contributed by atoms with Gasteiger partial charge in [-0.15, -0.1) is 0 Å². The second-order valence-corrected chi connectivity index (χ2v) is 3.28. The van der Waals surface area contributed by atoms with Gasteiger partial charge in [-0.05, 0) is 0 Å². The Hall–Kier alpha value is -0.273. The van der Waals surface area contributed by atoms with Crippen LogP contribution in [0.1, 0.15) is 0 Å². The van der Waals surface area contributed by atoms with E-state index in [0.717, 1.165) is 0 Å². The maximum Gasteiger partial charge on any atom is 1.00 e. The quantitative estimate of drug-likeness (QED) is 0.285. The van der Waals surface area contributed by atoms with Crippen molar-refractivity contribution in [3.63, 3.8) is 0 Å². The van der Waals surface area contributed by atoms with E-state index in [1.165, 1.54) is 0 Å². The van der Waals surface area contributed by atoms with Gasteiger partial charge in [0.1, 0.15) is 0 Å². The largest absolute Gasteiger partial charge is 1.00 e. The Balaban J connectivity index is 0. The van der Waals surface area contributed by atoms with Crippen molar-refractivity contribution < 1.29 is 31.8 Å². The molecule has 0 bridgehead atoms. The van der Waals surface area contributed by atoms with Crippen molar-refractivity contribution in [2.24, 2.45) is 0 Å². The van der Waals surface area contributed by atoms with Crippen molar-refractivity contribution in [3.8, 4) is 0 Å². The van der Waals surface area contributed by atoms with Gasteiger partial charge in [0.05, 0.1) is 6.26 Å². The molecule has 3 nitrogen and oxygen atoms in total. The third-order valence-electron chi connectivity index (χ3n) is 0.607. The summed E-state index contributed by atoms with van der Waals surface area (Å²) in [6, 6.07) is 12.5. The van der Waals surface area contributed by atoms with Gasteiger partial charge < -0.3 is 0 Å². The van der Waals surface area contributed by atoms with Gasteiger partial charge in [0.2, 0.25) is 0 Å². The van der Waals surface area contributed by atoms with Gasteiger partial charge in [0.25, 0.3) is 10.1 Å². The monoisotopic (exact) mass is 180 g/mol. The van der Waals surface area contributed by atoms with E-state index < -0.39 is 10.1 Å². The molecule has 0 aliphatic carbocycles. The van der Waals surface area contributed by atoms with Crippen molar-refractivity contribution in [1.82, 2.24) is 0 Å². The summed E-state index contributed by atoms with van der Waals surface area (Å²) in [5.41, 5.74) is 0. The van der Waals surface area contributed by atoms with Gasteiger partial charge in [-0.2, -0.15) is 44.8 Å². The van der Waals surface area contributed by atoms with E-state index in [2.05, 4.69) is 6.07 Å². The van der Waals surface area contributed by atoms with Gasteiger partial charge in [0.15, 0.2) is 0 Å². The van der Waals surface area contributed by atoms with Crippen LogP contribution >= 0.6 is 0 Å². The third kappa shape index (κ3) is 22.6. The standard InChI is InChI=1S/C6H5.CH4O3S.Li/c1-2-4-6-5-3-1;1-5(2,3)4;/h1-5H;1H3,(H,2,3,4);/q-1;;+1. The van der Waals surface area contributed by atoms with Gasteiger partial charge in [0, 0.05) is 0 Å². The predicted molar refractivity (Wildman–Crippen MR) is 42.8 cm³/mol. The van der Waals surface area contributed by atoms with Crippen molar-refractivity contribution in [2.75, 3.05) is 6.26 Å². The molecule has 0 atom stereocenters. The molecule has 62 valence electrons. The number of hydrogen-bond donors (Lipinski definition) is 1. The topological polar surface area (TPSA) is 54.4 Å². The second-order valence-electron chi connectivity index (χ2n) is 1.81. The Bertz CT molecular complexity index is 235. The fourth-order valence-electron chi connectivity index (χ4n) is 0.342. The summed E-state index contributed by atoms with van der Waals surface area (Å²) in [6.45, 7) is 0. The van der Waals surface area contributed by atoms with Crippen LogP contribution in [0.2, 0.25) is 0 Å².